The van der Waals surface area contributed by atoms with Crippen LogP contribution in [-0.4, -0.2) is 32.1 Å². The van der Waals surface area contributed by atoms with Crippen LogP contribution in [0.15, 0.2) is 73.1 Å². The zero-order valence-electron chi connectivity index (χ0n) is 17.6. The van der Waals surface area contributed by atoms with Crippen LogP contribution in [0.3, 0.4) is 0 Å². The lowest BCUT2D eigenvalue weighted by Crippen LogP contribution is -2.16. The Kier molecular flexibility index (Phi) is 5.99. The molecule has 0 spiro atoms. The normalized spacial score (nSPS) is 11.5. The van der Waals surface area contributed by atoms with Crippen LogP contribution in [0.4, 0.5) is 0 Å². The van der Waals surface area contributed by atoms with Gasteiger partial charge in [0.15, 0.2) is 0 Å². The molecule has 5 rings (SSSR count). The Balaban J connectivity index is 1.32. The summed E-state index contributed by atoms with van der Waals surface area (Å²) in [5, 5.41) is 10.4. The average Bonchev–Trinajstić information content (AvgIpc) is 3.41. The third-order valence-electron chi connectivity index (χ3n) is 5.32. The minimum Gasteiger partial charge on any atom is -0.297 e. The summed E-state index contributed by atoms with van der Waals surface area (Å²) >= 11 is 8.10. The SMILES string of the molecule is CN(Cc1ccccc1)Cc1cnc(Cc2[nH]nc3ccc(-c4ncccc4Cl)cc23)s1. The number of hydrogen-bond donors (Lipinski definition) is 1. The molecule has 0 bridgehead atoms. The Morgan fingerprint density at radius 1 is 1.00 bits per heavy atom. The molecule has 0 unspecified atom stereocenters. The molecule has 0 aliphatic heterocycles. The first-order valence-electron chi connectivity index (χ1n) is 10.4. The molecule has 0 fully saturated rings. The van der Waals surface area contributed by atoms with Gasteiger partial charge in [-0.1, -0.05) is 48.0 Å². The van der Waals surface area contributed by atoms with Crippen molar-refractivity contribution in [2.24, 2.45) is 0 Å². The Morgan fingerprint density at radius 3 is 2.72 bits per heavy atom. The number of hydrogen-bond acceptors (Lipinski definition) is 5. The molecule has 32 heavy (non-hydrogen) atoms. The van der Waals surface area contributed by atoms with Gasteiger partial charge in [-0.2, -0.15) is 5.10 Å². The van der Waals surface area contributed by atoms with Crippen molar-refractivity contribution in [3.63, 3.8) is 0 Å². The third-order valence-corrected chi connectivity index (χ3v) is 6.60. The number of benzene rings is 2. The molecule has 0 aliphatic rings. The van der Waals surface area contributed by atoms with Crippen LogP contribution in [0, 0.1) is 0 Å². The summed E-state index contributed by atoms with van der Waals surface area (Å²) in [5.74, 6) is 0. The summed E-state index contributed by atoms with van der Waals surface area (Å²) in [6, 6.07) is 20.3. The minimum atomic E-state index is 0.640. The Bertz CT molecular complexity index is 1340. The Labute approximate surface area is 195 Å². The Morgan fingerprint density at radius 2 is 1.88 bits per heavy atom. The van der Waals surface area contributed by atoms with Crippen LogP contribution >= 0.6 is 22.9 Å². The Hall–Kier alpha value is -3.06. The molecule has 3 heterocycles. The van der Waals surface area contributed by atoms with Crippen LogP contribution in [0.1, 0.15) is 21.1 Å². The lowest BCUT2D eigenvalue weighted by molar-refractivity contribution is 0.322. The van der Waals surface area contributed by atoms with Crippen molar-refractivity contribution in [3.8, 4) is 11.3 Å². The summed E-state index contributed by atoms with van der Waals surface area (Å²) in [4.78, 5) is 12.7. The van der Waals surface area contributed by atoms with E-state index in [9.17, 15) is 0 Å². The average molecular weight is 460 g/mol. The van der Waals surface area contributed by atoms with Crippen molar-refractivity contribution in [3.05, 3.63) is 99.2 Å². The van der Waals surface area contributed by atoms with Crippen molar-refractivity contribution in [1.82, 2.24) is 25.1 Å². The monoisotopic (exact) mass is 459 g/mol. The second kappa shape index (κ2) is 9.20. The van der Waals surface area contributed by atoms with E-state index in [4.69, 9.17) is 11.6 Å². The van der Waals surface area contributed by atoms with E-state index in [0.29, 0.717) is 11.4 Å². The van der Waals surface area contributed by atoms with E-state index < -0.39 is 0 Å². The van der Waals surface area contributed by atoms with Gasteiger partial charge in [0, 0.05) is 53.4 Å². The fourth-order valence-electron chi connectivity index (χ4n) is 3.81. The van der Waals surface area contributed by atoms with Crippen molar-refractivity contribution in [2.45, 2.75) is 19.5 Å². The molecule has 5 nitrogen and oxygen atoms in total. The number of nitrogens with one attached hydrogen (secondary N) is 1. The van der Waals surface area contributed by atoms with Gasteiger partial charge in [0.1, 0.15) is 0 Å². The van der Waals surface area contributed by atoms with Crippen LogP contribution < -0.4 is 0 Å². The third kappa shape index (κ3) is 4.58. The number of rotatable bonds is 7. The predicted octanol–water partition coefficient (Wildman–Crippen LogP) is 5.96. The molecule has 3 aromatic heterocycles. The summed E-state index contributed by atoms with van der Waals surface area (Å²) in [6.07, 6.45) is 4.45. The molecule has 0 saturated carbocycles. The first kappa shape index (κ1) is 20.8. The van der Waals surface area contributed by atoms with Gasteiger partial charge in [-0.05, 0) is 36.9 Å². The van der Waals surface area contributed by atoms with E-state index in [1.165, 1.54) is 10.4 Å². The lowest BCUT2D eigenvalue weighted by atomic mass is 10.1. The van der Waals surface area contributed by atoms with Crippen LogP contribution in [0.2, 0.25) is 5.02 Å². The smallest absolute Gasteiger partial charge is 0.0987 e. The summed E-state index contributed by atoms with van der Waals surface area (Å²) in [5.41, 5.74) is 5.05. The number of fused-ring (bicyclic) bond motifs is 1. The van der Waals surface area contributed by atoms with E-state index in [2.05, 4.69) is 62.4 Å². The fourth-order valence-corrected chi connectivity index (χ4v) is 5.06. The highest BCUT2D eigenvalue weighted by Crippen LogP contribution is 2.30. The highest BCUT2D eigenvalue weighted by Gasteiger charge is 2.13. The highest BCUT2D eigenvalue weighted by atomic mass is 35.5. The summed E-state index contributed by atoms with van der Waals surface area (Å²) in [7, 11) is 2.14. The molecule has 5 aromatic rings. The molecule has 0 atom stereocenters. The lowest BCUT2D eigenvalue weighted by Gasteiger charge is -2.15. The van der Waals surface area contributed by atoms with Crippen LogP contribution in [0.25, 0.3) is 22.2 Å². The van der Waals surface area contributed by atoms with Gasteiger partial charge in [-0.25, -0.2) is 4.98 Å². The molecule has 1 N–H and O–H groups in total. The number of nitrogens with zero attached hydrogens (tertiary/aromatic N) is 4. The maximum Gasteiger partial charge on any atom is 0.0987 e. The second-order valence-electron chi connectivity index (χ2n) is 7.82. The van der Waals surface area contributed by atoms with Gasteiger partial charge in [0.25, 0.3) is 0 Å². The van der Waals surface area contributed by atoms with Crippen molar-refractivity contribution in [2.75, 3.05) is 7.05 Å². The first-order chi connectivity index (χ1) is 15.7. The minimum absolute atomic E-state index is 0.640. The van der Waals surface area contributed by atoms with E-state index in [0.717, 1.165) is 46.0 Å². The fraction of sp³-hybridized carbons (Fsp3) is 0.160. The van der Waals surface area contributed by atoms with E-state index in [1.54, 1.807) is 17.5 Å². The van der Waals surface area contributed by atoms with Gasteiger partial charge in [-0.15, -0.1) is 11.3 Å². The van der Waals surface area contributed by atoms with Crippen molar-refractivity contribution in [1.29, 1.82) is 0 Å². The molecule has 2 aromatic carbocycles. The first-order valence-corrected chi connectivity index (χ1v) is 11.6. The molecule has 0 saturated heterocycles. The molecular weight excluding hydrogens is 438 g/mol. The molecule has 0 radical (unpaired) electrons. The molecule has 160 valence electrons. The molecular formula is C25H22ClN5S. The number of pyridine rings is 1. The number of H-pyrrole nitrogens is 1. The maximum atomic E-state index is 6.35. The number of aromatic amines is 1. The summed E-state index contributed by atoms with van der Waals surface area (Å²) < 4.78 is 0. The number of aromatic nitrogens is 4. The topological polar surface area (TPSA) is 57.7 Å². The largest absolute Gasteiger partial charge is 0.297 e. The zero-order valence-corrected chi connectivity index (χ0v) is 19.2. The zero-order chi connectivity index (χ0) is 21.9. The number of halogens is 1. The standard InChI is InChI=1S/C25H22ClN5S/c1-31(15-17-6-3-2-4-7-17)16-19-14-28-24(32-19)13-23-20-12-18(9-10-22(20)29-30-23)25-21(26)8-5-11-27-25/h2-12,14H,13,15-16H2,1H3,(H,29,30). The molecule has 7 heteroatoms. The quantitative estimate of drug-likeness (QED) is 0.326. The second-order valence-corrected chi connectivity index (χ2v) is 9.43. The van der Waals surface area contributed by atoms with Gasteiger partial charge in [0.2, 0.25) is 0 Å². The maximum absolute atomic E-state index is 6.35. The van der Waals surface area contributed by atoms with E-state index in [-0.39, 0.29) is 0 Å². The summed E-state index contributed by atoms with van der Waals surface area (Å²) in [6.45, 7) is 1.79. The van der Waals surface area contributed by atoms with Gasteiger partial charge in [0.05, 0.1) is 21.2 Å². The van der Waals surface area contributed by atoms with Crippen molar-refractivity contribution >= 4 is 33.8 Å². The number of thiazole rings is 1. The van der Waals surface area contributed by atoms with Gasteiger partial charge in [-0.3, -0.25) is 15.0 Å². The van der Waals surface area contributed by atoms with Crippen LogP contribution in [-0.2, 0) is 19.5 Å². The highest BCUT2D eigenvalue weighted by molar-refractivity contribution is 7.11. The van der Waals surface area contributed by atoms with Crippen LogP contribution in [0.5, 0.6) is 0 Å². The van der Waals surface area contributed by atoms with E-state index in [1.807, 2.05) is 36.5 Å². The molecule has 0 amide bonds. The van der Waals surface area contributed by atoms with Gasteiger partial charge < -0.3 is 0 Å². The predicted molar refractivity (Wildman–Crippen MR) is 131 cm³/mol. The van der Waals surface area contributed by atoms with Gasteiger partial charge >= 0.3 is 0 Å². The van der Waals surface area contributed by atoms with Crippen molar-refractivity contribution < 1.29 is 0 Å². The molecule has 0 aliphatic carbocycles. The van der Waals surface area contributed by atoms with E-state index >= 15 is 0 Å².